The van der Waals surface area contributed by atoms with Crippen molar-refractivity contribution in [2.45, 2.75) is 20.4 Å². The fourth-order valence-electron chi connectivity index (χ4n) is 2.80. The lowest BCUT2D eigenvalue weighted by molar-refractivity contribution is 0.431. The minimum atomic E-state index is -0.164. The SMILES string of the molecule is CCn1cc(-c2nc(-c3ccc(Br)cc3)no2)c(=O)c2ccc(C)nc21. The Labute approximate surface area is 157 Å². The Kier molecular flexibility index (Phi) is 4.16. The van der Waals surface area contributed by atoms with E-state index < -0.39 is 0 Å². The van der Waals surface area contributed by atoms with Gasteiger partial charge >= 0.3 is 0 Å². The number of pyridine rings is 2. The predicted molar refractivity (Wildman–Crippen MR) is 103 cm³/mol. The average molecular weight is 411 g/mol. The van der Waals surface area contributed by atoms with Crippen molar-refractivity contribution in [3.8, 4) is 22.8 Å². The van der Waals surface area contributed by atoms with Gasteiger partial charge in [0.2, 0.25) is 11.3 Å². The van der Waals surface area contributed by atoms with Crippen molar-refractivity contribution in [2.24, 2.45) is 0 Å². The van der Waals surface area contributed by atoms with Crippen LogP contribution in [0, 0.1) is 6.92 Å². The van der Waals surface area contributed by atoms with E-state index in [4.69, 9.17) is 4.52 Å². The monoisotopic (exact) mass is 410 g/mol. The molecule has 3 aromatic heterocycles. The molecule has 0 saturated carbocycles. The van der Waals surface area contributed by atoms with Crippen LogP contribution in [0.5, 0.6) is 0 Å². The summed E-state index contributed by atoms with van der Waals surface area (Å²) in [6, 6.07) is 11.2. The molecule has 6 nitrogen and oxygen atoms in total. The van der Waals surface area contributed by atoms with E-state index in [-0.39, 0.29) is 11.3 Å². The third-order valence-corrected chi connectivity index (χ3v) is 4.69. The Morgan fingerprint density at radius 1 is 1.12 bits per heavy atom. The van der Waals surface area contributed by atoms with Crippen molar-refractivity contribution in [3.05, 3.63) is 63.0 Å². The molecule has 0 amide bonds. The van der Waals surface area contributed by atoms with Gasteiger partial charge in [-0.25, -0.2) is 4.98 Å². The van der Waals surface area contributed by atoms with Crippen molar-refractivity contribution in [1.29, 1.82) is 0 Å². The van der Waals surface area contributed by atoms with Gasteiger partial charge in [0.05, 0.1) is 5.39 Å². The number of fused-ring (bicyclic) bond motifs is 1. The van der Waals surface area contributed by atoms with Crippen LogP contribution in [0.3, 0.4) is 0 Å². The Hall–Kier alpha value is -2.80. The molecule has 4 rings (SSSR count). The Morgan fingerprint density at radius 3 is 2.62 bits per heavy atom. The van der Waals surface area contributed by atoms with Gasteiger partial charge in [-0.05, 0) is 50.2 Å². The maximum Gasteiger partial charge on any atom is 0.263 e. The molecule has 3 heterocycles. The summed E-state index contributed by atoms with van der Waals surface area (Å²) in [6.07, 6.45) is 1.73. The predicted octanol–water partition coefficient (Wildman–Crippen LogP) is 4.20. The van der Waals surface area contributed by atoms with Gasteiger partial charge in [-0.15, -0.1) is 0 Å². The lowest BCUT2D eigenvalue weighted by Crippen LogP contribution is -2.13. The summed E-state index contributed by atoms with van der Waals surface area (Å²) in [6.45, 7) is 4.58. The quantitative estimate of drug-likeness (QED) is 0.505. The number of aromatic nitrogens is 4. The molecular weight excluding hydrogens is 396 g/mol. The number of aryl methyl sites for hydroxylation is 2. The zero-order valence-electron chi connectivity index (χ0n) is 14.2. The molecular formula is C19H15BrN4O2. The minimum absolute atomic E-state index is 0.164. The number of hydrogen-bond acceptors (Lipinski definition) is 5. The lowest BCUT2D eigenvalue weighted by atomic mass is 10.1. The molecule has 0 saturated heterocycles. The first-order valence-corrected chi connectivity index (χ1v) is 8.97. The van der Waals surface area contributed by atoms with E-state index in [0.29, 0.717) is 29.0 Å². The summed E-state index contributed by atoms with van der Waals surface area (Å²) < 4.78 is 8.27. The van der Waals surface area contributed by atoms with Gasteiger partial charge < -0.3 is 9.09 Å². The highest BCUT2D eigenvalue weighted by Gasteiger charge is 2.17. The highest BCUT2D eigenvalue weighted by Crippen LogP contribution is 2.23. The Balaban J connectivity index is 1.87. The summed E-state index contributed by atoms with van der Waals surface area (Å²) in [5, 5.41) is 4.56. The van der Waals surface area contributed by atoms with Gasteiger partial charge in [-0.1, -0.05) is 21.1 Å². The standard InChI is InChI=1S/C19H15BrN4O2/c1-3-24-10-15(16(25)14-9-4-11(2)21-18(14)24)19-22-17(23-26-19)12-5-7-13(20)8-6-12/h4-10H,3H2,1-2H3. The fraction of sp³-hybridized carbons (Fsp3) is 0.158. The number of halogens is 1. The lowest BCUT2D eigenvalue weighted by Gasteiger charge is -2.09. The molecule has 0 aliphatic carbocycles. The Bertz CT molecular complexity index is 1160. The zero-order chi connectivity index (χ0) is 18.3. The molecule has 0 fully saturated rings. The first-order valence-electron chi connectivity index (χ1n) is 8.17. The second-order valence-corrected chi connectivity index (χ2v) is 6.83. The van der Waals surface area contributed by atoms with Crippen LogP contribution in [-0.2, 0) is 6.54 Å². The third kappa shape index (κ3) is 2.84. The highest BCUT2D eigenvalue weighted by atomic mass is 79.9. The smallest absolute Gasteiger partial charge is 0.263 e. The molecule has 130 valence electrons. The van der Waals surface area contributed by atoms with E-state index >= 15 is 0 Å². The third-order valence-electron chi connectivity index (χ3n) is 4.16. The van der Waals surface area contributed by atoms with E-state index in [1.54, 1.807) is 12.3 Å². The van der Waals surface area contributed by atoms with Gasteiger partial charge in [0.25, 0.3) is 5.89 Å². The Morgan fingerprint density at radius 2 is 1.88 bits per heavy atom. The summed E-state index contributed by atoms with van der Waals surface area (Å²) >= 11 is 3.40. The molecule has 0 aliphatic rings. The van der Waals surface area contributed by atoms with Crippen molar-refractivity contribution < 1.29 is 4.52 Å². The molecule has 0 atom stereocenters. The van der Waals surface area contributed by atoms with Crippen molar-refractivity contribution in [2.75, 3.05) is 0 Å². The highest BCUT2D eigenvalue weighted by molar-refractivity contribution is 9.10. The van der Waals surface area contributed by atoms with Crippen molar-refractivity contribution in [1.82, 2.24) is 19.7 Å². The van der Waals surface area contributed by atoms with Crippen LogP contribution in [0.4, 0.5) is 0 Å². The van der Waals surface area contributed by atoms with Crippen LogP contribution in [0.2, 0.25) is 0 Å². The molecule has 0 spiro atoms. The largest absolute Gasteiger partial charge is 0.333 e. The van der Waals surface area contributed by atoms with Crippen LogP contribution in [0.1, 0.15) is 12.6 Å². The van der Waals surface area contributed by atoms with E-state index in [2.05, 4.69) is 31.1 Å². The van der Waals surface area contributed by atoms with Crippen LogP contribution >= 0.6 is 15.9 Å². The van der Waals surface area contributed by atoms with Crippen molar-refractivity contribution >= 4 is 27.0 Å². The molecule has 26 heavy (non-hydrogen) atoms. The molecule has 0 bridgehead atoms. The van der Waals surface area contributed by atoms with Crippen LogP contribution in [0.25, 0.3) is 33.9 Å². The molecule has 1 aromatic carbocycles. The second-order valence-electron chi connectivity index (χ2n) is 5.91. The van der Waals surface area contributed by atoms with Gasteiger partial charge in [-0.3, -0.25) is 4.79 Å². The molecule has 7 heteroatoms. The van der Waals surface area contributed by atoms with Gasteiger partial charge in [0.1, 0.15) is 11.2 Å². The average Bonchev–Trinajstić information content (AvgIpc) is 3.12. The summed E-state index contributed by atoms with van der Waals surface area (Å²) in [5.41, 5.74) is 2.55. The van der Waals surface area contributed by atoms with E-state index in [1.807, 2.05) is 48.7 Å². The summed E-state index contributed by atoms with van der Waals surface area (Å²) in [4.78, 5) is 21.8. The normalized spacial score (nSPS) is 11.2. The van der Waals surface area contributed by atoms with Gasteiger partial charge in [0, 0.05) is 28.5 Å². The number of benzene rings is 1. The first-order chi connectivity index (χ1) is 12.6. The zero-order valence-corrected chi connectivity index (χ0v) is 15.8. The molecule has 0 unspecified atom stereocenters. The maximum absolute atomic E-state index is 12.9. The van der Waals surface area contributed by atoms with Crippen LogP contribution in [0.15, 0.2) is 56.4 Å². The number of hydrogen-bond donors (Lipinski definition) is 0. The van der Waals surface area contributed by atoms with E-state index in [9.17, 15) is 4.79 Å². The van der Waals surface area contributed by atoms with E-state index in [1.165, 1.54) is 0 Å². The summed E-state index contributed by atoms with van der Waals surface area (Å²) in [7, 11) is 0. The fourth-order valence-corrected chi connectivity index (χ4v) is 3.07. The maximum atomic E-state index is 12.9. The minimum Gasteiger partial charge on any atom is -0.333 e. The van der Waals surface area contributed by atoms with Gasteiger partial charge in [-0.2, -0.15) is 4.98 Å². The molecule has 0 radical (unpaired) electrons. The molecule has 4 aromatic rings. The van der Waals surface area contributed by atoms with Crippen LogP contribution in [-0.4, -0.2) is 19.7 Å². The van der Waals surface area contributed by atoms with Crippen LogP contribution < -0.4 is 5.43 Å². The number of nitrogens with zero attached hydrogens (tertiary/aromatic N) is 4. The topological polar surface area (TPSA) is 73.8 Å². The second kappa shape index (κ2) is 6.49. The van der Waals surface area contributed by atoms with Crippen molar-refractivity contribution in [3.63, 3.8) is 0 Å². The molecule has 0 aliphatic heterocycles. The number of rotatable bonds is 3. The van der Waals surface area contributed by atoms with E-state index in [0.717, 1.165) is 15.7 Å². The summed E-state index contributed by atoms with van der Waals surface area (Å²) in [5.74, 6) is 0.648. The molecule has 0 N–H and O–H groups in total. The first kappa shape index (κ1) is 16.7. The van der Waals surface area contributed by atoms with Gasteiger partial charge in [0.15, 0.2) is 0 Å².